The molecule has 1 nitrogen and oxygen atoms in total. The molecule has 0 aromatic rings. The Morgan fingerprint density at radius 2 is 1.36 bits per heavy atom. The summed E-state index contributed by atoms with van der Waals surface area (Å²) in [5, 5.41) is 10.4. The Hall–Kier alpha value is 0.310. The highest BCUT2D eigenvalue weighted by molar-refractivity contribution is 8.01. The molecule has 0 radical (unpaired) electrons. The molecule has 86 valence electrons. The maximum absolute atomic E-state index is 10.1. The van der Waals surface area contributed by atoms with Gasteiger partial charge in [-0.2, -0.15) is 0 Å². The fraction of sp³-hybridized carbons (Fsp3) is 1.00. The van der Waals surface area contributed by atoms with E-state index in [-0.39, 0.29) is 10.9 Å². The summed E-state index contributed by atoms with van der Waals surface area (Å²) < 4.78 is 0.227. The number of aliphatic hydroxyl groups excluding tert-OH is 1. The van der Waals surface area contributed by atoms with Crippen molar-refractivity contribution in [3.63, 3.8) is 0 Å². The van der Waals surface area contributed by atoms with Crippen LogP contribution in [-0.4, -0.2) is 21.2 Å². The summed E-state index contributed by atoms with van der Waals surface area (Å²) >= 11 is 1.90. The second-order valence-corrected chi connectivity index (χ2v) is 7.68. The quantitative estimate of drug-likeness (QED) is 0.778. The molecule has 2 heteroatoms. The van der Waals surface area contributed by atoms with Crippen molar-refractivity contribution in [2.45, 2.75) is 64.6 Å². The molecule has 0 spiro atoms. The van der Waals surface area contributed by atoms with Crippen molar-refractivity contribution < 1.29 is 5.11 Å². The van der Waals surface area contributed by atoms with E-state index >= 15 is 0 Å². The number of hydrogen-bond acceptors (Lipinski definition) is 2. The van der Waals surface area contributed by atoms with E-state index < -0.39 is 0 Å². The van der Waals surface area contributed by atoms with Crippen molar-refractivity contribution in [3.8, 4) is 0 Å². The van der Waals surface area contributed by atoms with Crippen molar-refractivity contribution in [2.24, 2.45) is 11.8 Å². The molecule has 0 saturated heterocycles. The topological polar surface area (TPSA) is 20.2 Å². The molecule has 0 bridgehead atoms. The highest BCUT2D eigenvalue weighted by Gasteiger charge is 2.29. The Morgan fingerprint density at radius 3 is 1.57 bits per heavy atom. The van der Waals surface area contributed by atoms with Crippen LogP contribution in [0.15, 0.2) is 0 Å². The van der Waals surface area contributed by atoms with Gasteiger partial charge in [0.25, 0.3) is 0 Å². The molecule has 0 aliphatic carbocycles. The Labute approximate surface area is 93.7 Å². The monoisotopic (exact) mass is 218 g/mol. The Morgan fingerprint density at radius 1 is 0.929 bits per heavy atom. The third-order valence-corrected chi connectivity index (χ3v) is 3.97. The van der Waals surface area contributed by atoms with E-state index in [0.29, 0.717) is 17.1 Å². The minimum Gasteiger partial charge on any atom is -0.392 e. The zero-order chi connectivity index (χ0) is 11.5. The van der Waals surface area contributed by atoms with Crippen LogP contribution in [0.1, 0.15) is 48.5 Å². The zero-order valence-corrected chi connectivity index (χ0v) is 11.5. The molecule has 0 amide bonds. The highest BCUT2D eigenvalue weighted by atomic mass is 32.2. The van der Waals surface area contributed by atoms with E-state index in [9.17, 15) is 5.11 Å². The maximum Gasteiger partial charge on any atom is 0.0684 e. The average molecular weight is 218 g/mol. The normalized spacial score (nSPS) is 17.6. The zero-order valence-electron chi connectivity index (χ0n) is 10.7. The lowest BCUT2D eigenvalue weighted by atomic mass is 9.97. The molecule has 0 saturated carbocycles. The molecular formula is C12H26OS. The van der Waals surface area contributed by atoms with Crippen LogP contribution in [0.2, 0.25) is 0 Å². The SMILES string of the molecule is CC(C)C(O)[C@@H](SC(C)(C)C)C(C)C. The van der Waals surface area contributed by atoms with E-state index in [1.165, 1.54) is 0 Å². The summed E-state index contributed by atoms with van der Waals surface area (Å²) in [5.41, 5.74) is 0. The van der Waals surface area contributed by atoms with E-state index in [1.54, 1.807) is 0 Å². The van der Waals surface area contributed by atoms with Crippen molar-refractivity contribution in [1.82, 2.24) is 0 Å². The van der Waals surface area contributed by atoms with Gasteiger partial charge in [0.15, 0.2) is 0 Å². The smallest absolute Gasteiger partial charge is 0.0684 e. The minimum atomic E-state index is -0.195. The lowest BCUT2D eigenvalue weighted by molar-refractivity contribution is 0.109. The van der Waals surface area contributed by atoms with Crippen LogP contribution < -0.4 is 0 Å². The molecule has 0 fully saturated rings. The first-order valence-corrected chi connectivity index (χ1v) is 6.39. The standard InChI is InChI=1S/C12H26OS/c1-8(2)10(13)11(9(3)4)14-12(5,6)7/h8-11,13H,1-7H3/t10?,11-/m0/s1. The van der Waals surface area contributed by atoms with E-state index in [1.807, 2.05) is 11.8 Å². The van der Waals surface area contributed by atoms with Gasteiger partial charge in [0.2, 0.25) is 0 Å². The molecule has 0 aromatic carbocycles. The number of rotatable bonds is 4. The highest BCUT2D eigenvalue weighted by Crippen LogP contribution is 2.35. The van der Waals surface area contributed by atoms with Crippen LogP contribution in [-0.2, 0) is 0 Å². The predicted octanol–water partition coefficient (Wildman–Crippen LogP) is 3.56. The van der Waals surface area contributed by atoms with Gasteiger partial charge in [0, 0.05) is 10.00 Å². The van der Waals surface area contributed by atoms with Gasteiger partial charge in [-0.05, 0) is 11.8 Å². The van der Waals surface area contributed by atoms with Gasteiger partial charge in [-0.15, -0.1) is 11.8 Å². The second-order valence-electron chi connectivity index (χ2n) is 5.67. The molecule has 2 atom stereocenters. The van der Waals surface area contributed by atoms with Crippen LogP contribution in [0.25, 0.3) is 0 Å². The first-order chi connectivity index (χ1) is 6.15. The van der Waals surface area contributed by atoms with Crippen LogP contribution in [0, 0.1) is 11.8 Å². The van der Waals surface area contributed by atoms with Crippen molar-refractivity contribution in [3.05, 3.63) is 0 Å². The van der Waals surface area contributed by atoms with Crippen molar-refractivity contribution in [1.29, 1.82) is 0 Å². The summed E-state index contributed by atoms with van der Waals surface area (Å²) in [6.07, 6.45) is -0.195. The summed E-state index contributed by atoms with van der Waals surface area (Å²) in [6, 6.07) is 0. The van der Waals surface area contributed by atoms with Crippen molar-refractivity contribution >= 4 is 11.8 Å². The largest absolute Gasteiger partial charge is 0.392 e. The summed E-state index contributed by atoms with van der Waals surface area (Å²) in [7, 11) is 0. The number of hydrogen-bond donors (Lipinski definition) is 1. The first kappa shape index (κ1) is 14.3. The lowest BCUT2D eigenvalue weighted by Gasteiger charge is -2.33. The fourth-order valence-corrected chi connectivity index (χ4v) is 2.93. The van der Waals surface area contributed by atoms with Crippen LogP contribution in [0.4, 0.5) is 0 Å². The molecule has 0 aliphatic rings. The van der Waals surface area contributed by atoms with Gasteiger partial charge in [-0.1, -0.05) is 48.5 Å². The first-order valence-electron chi connectivity index (χ1n) is 5.51. The fourth-order valence-electron chi connectivity index (χ4n) is 1.39. The number of thioether (sulfide) groups is 1. The molecule has 0 rings (SSSR count). The second kappa shape index (κ2) is 5.41. The molecule has 14 heavy (non-hydrogen) atoms. The third kappa shape index (κ3) is 5.26. The van der Waals surface area contributed by atoms with Gasteiger partial charge < -0.3 is 5.11 Å². The Bertz CT molecular complexity index is 158. The van der Waals surface area contributed by atoms with Crippen LogP contribution in [0.5, 0.6) is 0 Å². The van der Waals surface area contributed by atoms with E-state index in [0.717, 1.165) is 0 Å². The van der Waals surface area contributed by atoms with E-state index in [2.05, 4.69) is 48.5 Å². The molecular weight excluding hydrogens is 192 g/mol. The molecule has 0 heterocycles. The van der Waals surface area contributed by atoms with Crippen LogP contribution in [0.3, 0.4) is 0 Å². The Balaban J connectivity index is 4.45. The molecule has 0 aliphatic heterocycles. The number of aliphatic hydroxyl groups is 1. The summed E-state index contributed by atoms with van der Waals surface area (Å²) in [4.78, 5) is 0. The van der Waals surface area contributed by atoms with Crippen LogP contribution >= 0.6 is 11.8 Å². The van der Waals surface area contributed by atoms with Gasteiger partial charge in [0.05, 0.1) is 6.10 Å². The van der Waals surface area contributed by atoms with Gasteiger partial charge in [0.1, 0.15) is 0 Å². The minimum absolute atomic E-state index is 0.195. The van der Waals surface area contributed by atoms with Gasteiger partial charge >= 0.3 is 0 Å². The maximum atomic E-state index is 10.1. The Kier molecular flexibility index (Phi) is 5.53. The summed E-state index contributed by atoms with van der Waals surface area (Å²) in [6.45, 7) is 15.2. The van der Waals surface area contributed by atoms with E-state index in [4.69, 9.17) is 0 Å². The molecule has 1 unspecified atom stereocenters. The van der Waals surface area contributed by atoms with Gasteiger partial charge in [-0.3, -0.25) is 0 Å². The third-order valence-electron chi connectivity index (χ3n) is 2.17. The van der Waals surface area contributed by atoms with Gasteiger partial charge in [-0.25, -0.2) is 0 Å². The summed E-state index contributed by atoms with van der Waals surface area (Å²) in [5.74, 6) is 0.869. The molecule has 0 aromatic heterocycles. The lowest BCUT2D eigenvalue weighted by Crippen LogP contribution is -2.35. The average Bonchev–Trinajstić information content (AvgIpc) is 1.96. The van der Waals surface area contributed by atoms with Crippen molar-refractivity contribution in [2.75, 3.05) is 0 Å². The predicted molar refractivity (Wildman–Crippen MR) is 66.8 cm³/mol. The molecule has 1 N–H and O–H groups in total.